The Labute approximate surface area is 167 Å². The SMILES string of the molecule is C.COC(=O)Cc1cc(F)ccc1Br.O=C(O)Cc1cc(F)ccc1Br. The van der Waals surface area contributed by atoms with Crippen molar-refractivity contribution in [3.8, 4) is 0 Å². The highest BCUT2D eigenvalue weighted by molar-refractivity contribution is 9.10. The van der Waals surface area contributed by atoms with E-state index in [4.69, 9.17) is 5.11 Å². The second-order valence-corrected chi connectivity index (χ2v) is 6.50. The third-order valence-corrected chi connectivity index (χ3v) is 4.47. The number of hydrogen-bond donors (Lipinski definition) is 1. The van der Waals surface area contributed by atoms with Crippen LogP contribution < -0.4 is 0 Å². The van der Waals surface area contributed by atoms with Gasteiger partial charge in [-0.3, -0.25) is 9.59 Å². The first-order valence-electron chi connectivity index (χ1n) is 6.89. The van der Waals surface area contributed by atoms with E-state index in [2.05, 4.69) is 36.6 Å². The van der Waals surface area contributed by atoms with Gasteiger partial charge in [-0.1, -0.05) is 39.3 Å². The van der Waals surface area contributed by atoms with Crippen LogP contribution >= 0.6 is 31.9 Å². The fourth-order valence-electron chi connectivity index (χ4n) is 1.75. The highest BCUT2D eigenvalue weighted by Crippen LogP contribution is 2.19. The third-order valence-electron chi connectivity index (χ3n) is 2.92. The Morgan fingerprint density at radius 2 is 1.38 bits per heavy atom. The zero-order chi connectivity index (χ0) is 19.0. The van der Waals surface area contributed by atoms with Crippen LogP contribution in [0.2, 0.25) is 0 Å². The van der Waals surface area contributed by atoms with Gasteiger partial charge in [0.15, 0.2) is 0 Å². The lowest BCUT2D eigenvalue weighted by molar-refractivity contribution is -0.140. The van der Waals surface area contributed by atoms with Crippen LogP contribution in [-0.4, -0.2) is 24.2 Å². The predicted molar refractivity (Wildman–Crippen MR) is 102 cm³/mol. The maximum Gasteiger partial charge on any atom is 0.310 e. The fraction of sp³-hybridized carbons (Fsp3) is 0.222. The smallest absolute Gasteiger partial charge is 0.310 e. The maximum atomic E-state index is 12.7. The summed E-state index contributed by atoms with van der Waals surface area (Å²) in [6, 6.07) is 8.17. The van der Waals surface area contributed by atoms with E-state index >= 15 is 0 Å². The van der Waals surface area contributed by atoms with Gasteiger partial charge in [0, 0.05) is 8.95 Å². The standard InChI is InChI=1S/C9H8BrFO2.C8H6BrFO2.CH4/c1-13-9(12)5-6-4-7(11)2-3-8(6)10;9-7-2-1-6(10)3-5(7)4-8(11)12;/h2-4H,5H2,1H3;1-3H,4H2,(H,11,12);1H4. The summed E-state index contributed by atoms with van der Waals surface area (Å²) in [5, 5.41) is 8.44. The van der Waals surface area contributed by atoms with Crippen molar-refractivity contribution in [1.82, 2.24) is 0 Å². The Balaban J connectivity index is 0.000000464. The first-order chi connectivity index (χ1) is 11.7. The van der Waals surface area contributed by atoms with Crippen molar-refractivity contribution >= 4 is 43.8 Å². The van der Waals surface area contributed by atoms with Crippen LogP contribution in [0.3, 0.4) is 0 Å². The monoisotopic (exact) mass is 494 g/mol. The molecule has 1 N–H and O–H groups in total. The number of ether oxygens (including phenoxy) is 1. The molecule has 0 saturated carbocycles. The molecule has 0 aromatic heterocycles. The molecule has 0 saturated heterocycles. The summed E-state index contributed by atoms with van der Waals surface area (Å²) in [4.78, 5) is 21.2. The van der Waals surface area contributed by atoms with Gasteiger partial charge in [-0.15, -0.1) is 0 Å². The summed E-state index contributed by atoms with van der Waals surface area (Å²) in [7, 11) is 1.30. The first-order valence-corrected chi connectivity index (χ1v) is 8.48. The molecule has 4 nitrogen and oxygen atoms in total. The molecule has 0 amide bonds. The summed E-state index contributed by atoms with van der Waals surface area (Å²) in [6.45, 7) is 0. The Morgan fingerprint density at radius 1 is 0.962 bits per heavy atom. The molecule has 2 aromatic rings. The Bertz CT molecular complexity index is 767. The van der Waals surface area contributed by atoms with E-state index in [-0.39, 0.29) is 32.1 Å². The fourth-order valence-corrected chi connectivity index (χ4v) is 2.52. The Hall–Kier alpha value is -1.80. The van der Waals surface area contributed by atoms with Gasteiger partial charge >= 0.3 is 11.9 Å². The zero-order valence-electron chi connectivity index (χ0n) is 13.1. The number of methoxy groups -OCH3 is 1. The average molecular weight is 496 g/mol. The predicted octanol–water partition coefficient (Wildman–Crippen LogP) is 5.16. The largest absolute Gasteiger partial charge is 0.481 e. The van der Waals surface area contributed by atoms with Crippen LogP contribution in [0, 0.1) is 11.6 Å². The number of carbonyl (C=O) groups excluding carboxylic acids is 1. The van der Waals surface area contributed by atoms with Gasteiger partial charge in [0.05, 0.1) is 20.0 Å². The molecule has 0 heterocycles. The minimum atomic E-state index is -0.971. The van der Waals surface area contributed by atoms with Gasteiger partial charge in [-0.25, -0.2) is 8.78 Å². The lowest BCUT2D eigenvalue weighted by Crippen LogP contribution is -2.05. The van der Waals surface area contributed by atoms with Gasteiger partial charge in [-0.05, 0) is 47.5 Å². The number of esters is 1. The molecular formula is C18H18Br2F2O4. The number of hydrogen-bond acceptors (Lipinski definition) is 3. The van der Waals surface area contributed by atoms with Crippen molar-refractivity contribution in [2.45, 2.75) is 20.3 Å². The third kappa shape index (κ3) is 8.53. The number of rotatable bonds is 4. The van der Waals surface area contributed by atoms with E-state index in [9.17, 15) is 18.4 Å². The van der Waals surface area contributed by atoms with E-state index in [0.717, 1.165) is 0 Å². The van der Waals surface area contributed by atoms with Gasteiger partial charge in [0.25, 0.3) is 0 Å². The molecule has 0 aliphatic heterocycles. The van der Waals surface area contributed by atoms with Crippen LogP contribution in [0.25, 0.3) is 0 Å². The molecule has 0 spiro atoms. The number of carboxylic acid groups (broad SMARTS) is 1. The van der Waals surface area contributed by atoms with Crippen molar-refractivity contribution in [2.75, 3.05) is 7.11 Å². The van der Waals surface area contributed by atoms with Gasteiger partial charge < -0.3 is 9.84 Å². The number of aliphatic carboxylic acids is 1. The summed E-state index contributed by atoms with van der Waals surface area (Å²) in [5.74, 6) is -2.14. The van der Waals surface area contributed by atoms with Crippen molar-refractivity contribution in [3.63, 3.8) is 0 Å². The molecule has 0 unspecified atom stereocenters. The zero-order valence-corrected chi connectivity index (χ0v) is 16.2. The molecule has 142 valence electrons. The van der Waals surface area contributed by atoms with Crippen LogP contribution in [0.15, 0.2) is 45.3 Å². The van der Waals surface area contributed by atoms with Gasteiger partial charge in [0.1, 0.15) is 11.6 Å². The summed E-state index contributed by atoms with van der Waals surface area (Å²) in [6.07, 6.45) is -0.0901. The van der Waals surface area contributed by atoms with Crippen molar-refractivity contribution in [1.29, 1.82) is 0 Å². The summed E-state index contributed by atoms with van der Waals surface area (Å²) < 4.78 is 31.1. The van der Waals surface area contributed by atoms with E-state index in [1.807, 2.05) is 0 Å². The summed E-state index contributed by atoms with van der Waals surface area (Å²) in [5.41, 5.74) is 1.04. The van der Waals surface area contributed by atoms with Crippen molar-refractivity contribution in [2.24, 2.45) is 0 Å². The van der Waals surface area contributed by atoms with Gasteiger partial charge in [0.2, 0.25) is 0 Å². The quantitative estimate of drug-likeness (QED) is 0.595. The molecule has 0 aliphatic rings. The molecule has 0 aliphatic carbocycles. The minimum absolute atomic E-state index is 0. The number of benzene rings is 2. The molecule has 0 fully saturated rings. The highest BCUT2D eigenvalue weighted by Gasteiger charge is 2.07. The minimum Gasteiger partial charge on any atom is -0.481 e. The van der Waals surface area contributed by atoms with Gasteiger partial charge in [-0.2, -0.15) is 0 Å². The molecule has 0 radical (unpaired) electrons. The molecule has 2 rings (SSSR count). The summed E-state index contributed by atoms with van der Waals surface area (Å²) >= 11 is 6.34. The Kier molecular flexibility index (Phi) is 10.9. The Morgan fingerprint density at radius 3 is 1.77 bits per heavy atom. The number of halogens is 4. The maximum absolute atomic E-state index is 12.7. The van der Waals surface area contributed by atoms with Crippen LogP contribution in [0.5, 0.6) is 0 Å². The van der Waals surface area contributed by atoms with Crippen LogP contribution in [0.4, 0.5) is 8.78 Å². The topological polar surface area (TPSA) is 63.6 Å². The number of carbonyl (C=O) groups is 2. The average Bonchev–Trinajstić information content (AvgIpc) is 2.54. The van der Waals surface area contributed by atoms with E-state index in [1.54, 1.807) is 6.07 Å². The van der Waals surface area contributed by atoms with Crippen molar-refractivity contribution in [3.05, 3.63) is 68.1 Å². The normalized spacial score (nSPS) is 9.42. The molecule has 0 atom stereocenters. The van der Waals surface area contributed by atoms with E-state index < -0.39 is 11.8 Å². The van der Waals surface area contributed by atoms with Crippen LogP contribution in [-0.2, 0) is 27.2 Å². The molecule has 0 bridgehead atoms. The lowest BCUT2D eigenvalue weighted by Gasteiger charge is -2.02. The highest BCUT2D eigenvalue weighted by atomic mass is 79.9. The first kappa shape index (κ1) is 24.2. The molecule has 8 heteroatoms. The van der Waals surface area contributed by atoms with E-state index in [1.165, 1.54) is 37.4 Å². The van der Waals surface area contributed by atoms with Crippen LogP contribution in [0.1, 0.15) is 18.6 Å². The second-order valence-electron chi connectivity index (χ2n) is 4.79. The molecule has 26 heavy (non-hydrogen) atoms. The lowest BCUT2D eigenvalue weighted by atomic mass is 10.1. The van der Waals surface area contributed by atoms with E-state index in [0.29, 0.717) is 20.1 Å². The molecular weight excluding hydrogens is 478 g/mol. The second kappa shape index (κ2) is 11.7. The molecule has 2 aromatic carbocycles. The van der Waals surface area contributed by atoms with Crippen molar-refractivity contribution < 1.29 is 28.2 Å². The number of carboxylic acids is 1.